The minimum absolute atomic E-state index is 0.171. The van der Waals surface area contributed by atoms with E-state index in [1.165, 1.54) is 0 Å². The summed E-state index contributed by atoms with van der Waals surface area (Å²) in [6.45, 7) is 2.65. The summed E-state index contributed by atoms with van der Waals surface area (Å²) in [6.07, 6.45) is 2.93. The van der Waals surface area contributed by atoms with Crippen molar-refractivity contribution in [3.05, 3.63) is 24.2 Å². The summed E-state index contributed by atoms with van der Waals surface area (Å²) >= 11 is 0. The maximum Gasteiger partial charge on any atom is 0.218 e. The number of furan rings is 1. The first-order valence-electron chi connectivity index (χ1n) is 4.79. The highest BCUT2D eigenvalue weighted by atomic mass is 16.3. The Balaban J connectivity index is 2.36. The molecule has 0 aliphatic heterocycles. The monoisotopic (exact) mass is 196 g/mol. The zero-order valence-corrected chi connectivity index (χ0v) is 8.32. The summed E-state index contributed by atoms with van der Waals surface area (Å²) in [5.41, 5.74) is 5.04. The zero-order chi connectivity index (χ0) is 10.4. The molecule has 1 aromatic heterocycles. The van der Waals surface area contributed by atoms with Gasteiger partial charge >= 0.3 is 0 Å². The van der Waals surface area contributed by atoms with Gasteiger partial charge in [-0.15, -0.1) is 0 Å². The number of amides is 1. The highest BCUT2D eigenvalue weighted by Crippen LogP contribution is 2.16. The molecule has 1 amide bonds. The molecule has 0 fully saturated rings. The van der Waals surface area contributed by atoms with Gasteiger partial charge in [-0.25, -0.2) is 0 Å². The molecule has 4 heteroatoms. The van der Waals surface area contributed by atoms with E-state index in [1.807, 2.05) is 12.1 Å². The summed E-state index contributed by atoms with van der Waals surface area (Å²) in [6, 6.07) is 3.95. The summed E-state index contributed by atoms with van der Waals surface area (Å²) in [7, 11) is 0. The molecule has 0 aromatic carbocycles. The summed E-state index contributed by atoms with van der Waals surface area (Å²) in [4.78, 5) is 10.5. The Morgan fingerprint density at radius 1 is 1.71 bits per heavy atom. The number of carbonyl (C=O) groups excluding carboxylic acids is 1. The lowest BCUT2D eigenvalue weighted by Crippen LogP contribution is -2.25. The van der Waals surface area contributed by atoms with Crippen LogP contribution in [0.5, 0.6) is 0 Å². The lowest BCUT2D eigenvalue weighted by molar-refractivity contribution is -0.117. The second-order valence-electron chi connectivity index (χ2n) is 3.15. The van der Waals surface area contributed by atoms with Crippen LogP contribution in [-0.4, -0.2) is 12.5 Å². The van der Waals surface area contributed by atoms with E-state index in [9.17, 15) is 4.79 Å². The first-order valence-corrected chi connectivity index (χ1v) is 4.79. The second kappa shape index (κ2) is 5.44. The molecule has 0 saturated heterocycles. The van der Waals surface area contributed by atoms with Crippen LogP contribution in [-0.2, 0) is 4.79 Å². The highest BCUT2D eigenvalue weighted by Gasteiger charge is 2.10. The molecular formula is C10H16N2O2. The SMILES string of the molecule is CCC(NCCC(N)=O)c1ccco1. The Hall–Kier alpha value is -1.29. The maximum absolute atomic E-state index is 10.5. The molecular weight excluding hydrogens is 180 g/mol. The van der Waals surface area contributed by atoms with Crippen molar-refractivity contribution in [2.24, 2.45) is 5.73 Å². The van der Waals surface area contributed by atoms with Crippen LogP contribution in [0.25, 0.3) is 0 Å². The first-order chi connectivity index (χ1) is 6.74. The normalized spacial score (nSPS) is 12.6. The van der Waals surface area contributed by atoms with Gasteiger partial charge in [0, 0.05) is 13.0 Å². The van der Waals surface area contributed by atoms with Crippen molar-refractivity contribution in [1.29, 1.82) is 0 Å². The van der Waals surface area contributed by atoms with Crippen LogP contribution in [0.4, 0.5) is 0 Å². The van der Waals surface area contributed by atoms with Crippen LogP contribution < -0.4 is 11.1 Å². The molecule has 0 aliphatic carbocycles. The van der Waals surface area contributed by atoms with E-state index in [-0.39, 0.29) is 11.9 Å². The van der Waals surface area contributed by atoms with Gasteiger partial charge < -0.3 is 15.5 Å². The third-order valence-electron chi connectivity index (χ3n) is 2.06. The van der Waals surface area contributed by atoms with E-state index in [1.54, 1.807) is 6.26 Å². The van der Waals surface area contributed by atoms with E-state index in [0.717, 1.165) is 12.2 Å². The topological polar surface area (TPSA) is 68.3 Å². The standard InChI is InChI=1S/C10H16N2O2/c1-2-8(9-4-3-7-14-9)12-6-5-10(11)13/h3-4,7-8,12H,2,5-6H2,1H3,(H2,11,13). The average molecular weight is 196 g/mol. The third-order valence-corrected chi connectivity index (χ3v) is 2.06. The lowest BCUT2D eigenvalue weighted by atomic mass is 10.1. The van der Waals surface area contributed by atoms with Gasteiger partial charge in [0.2, 0.25) is 5.91 Å². The Morgan fingerprint density at radius 3 is 3.00 bits per heavy atom. The molecule has 0 radical (unpaired) electrons. The molecule has 14 heavy (non-hydrogen) atoms. The molecule has 1 unspecified atom stereocenters. The molecule has 0 spiro atoms. The second-order valence-corrected chi connectivity index (χ2v) is 3.15. The Morgan fingerprint density at radius 2 is 2.50 bits per heavy atom. The van der Waals surface area contributed by atoms with E-state index in [4.69, 9.17) is 10.2 Å². The van der Waals surface area contributed by atoms with Crippen molar-refractivity contribution in [2.75, 3.05) is 6.54 Å². The molecule has 1 rings (SSSR count). The Kier molecular flexibility index (Phi) is 4.19. The smallest absolute Gasteiger partial charge is 0.218 e. The first kappa shape index (κ1) is 10.8. The van der Waals surface area contributed by atoms with Gasteiger partial charge in [0.05, 0.1) is 12.3 Å². The van der Waals surface area contributed by atoms with Crippen molar-refractivity contribution in [3.63, 3.8) is 0 Å². The van der Waals surface area contributed by atoms with E-state index < -0.39 is 0 Å². The average Bonchev–Trinajstić information content (AvgIpc) is 2.64. The molecule has 0 saturated carbocycles. The Bertz CT molecular complexity index is 270. The van der Waals surface area contributed by atoms with Crippen LogP contribution in [0.2, 0.25) is 0 Å². The molecule has 1 atom stereocenters. The van der Waals surface area contributed by atoms with Crippen LogP contribution >= 0.6 is 0 Å². The van der Waals surface area contributed by atoms with Crippen LogP contribution in [0.15, 0.2) is 22.8 Å². The predicted molar refractivity (Wildman–Crippen MR) is 53.6 cm³/mol. The quantitative estimate of drug-likeness (QED) is 0.718. The van der Waals surface area contributed by atoms with Gasteiger partial charge in [0.15, 0.2) is 0 Å². The maximum atomic E-state index is 10.5. The minimum Gasteiger partial charge on any atom is -0.468 e. The summed E-state index contributed by atoms with van der Waals surface area (Å²) in [5, 5.41) is 3.21. The largest absolute Gasteiger partial charge is 0.468 e. The lowest BCUT2D eigenvalue weighted by Gasteiger charge is -2.13. The van der Waals surface area contributed by atoms with E-state index >= 15 is 0 Å². The van der Waals surface area contributed by atoms with Gasteiger partial charge in [-0.1, -0.05) is 6.92 Å². The molecule has 4 nitrogen and oxygen atoms in total. The number of hydrogen-bond acceptors (Lipinski definition) is 3. The summed E-state index contributed by atoms with van der Waals surface area (Å²) < 4.78 is 5.27. The van der Waals surface area contributed by atoms with Crippen molar-refractivity contribution in [2.45, 2.75) is 25.8 Å². The Labute approximate surface area is 83.5 Å². The molecule has 0 bridgehead atoms. The minimum atomic E-state index is -0.285. The van der Waals surface area contributed by atoms with Gasteiger partial charge in [-0.05, 0) is 18.6 Å². The number of rotatable bonds is 6. The fourth-order valence-corrected chi connectivity index (χ4v) is 1.31. The molecule has 78 valence electrons. The van der Waals surface area contributed by atoms with Crippen molar-refractivity contribution >= 4 is 5.91 Å². The fraction of sp³-hybridized carbons (Fsp3) is 0.500. The number of carbonyl (C=O) groups is 1. The zero-order valence-electron chi connectivity index (χ0n) is 8.32. The number of nitrogens with one attached hydrogen (secondary N) is 1. The molecule has 0 aliphatic rings. The van der Waals surface area contributed by atoms with Gasteiger partial charge in [-0.2, -0.15) is 0 Å². The van der Waals surface area contributed by atoms with E-state index in [0.29, 0.717) is 13.0 Å². The van der Waals surface area contributed by atoms with Gasteiger partial charge in [0.1, 0.15) is 5.76 Å². The van der Waals surface area contributed by atoms with Crippen molar-refractivity contribution in [3.8, 4) is 0 Å². The molecule has 1 heterocycles. The van der Waals surface area contributed by atoms with Crippen LogP contribution in [0, 0.1) is 0 Å². The van der Waals surface area contributed by atoms with E-state index in [2.05, 4.69) is 12.2 Å². The molecule has 1 aromatic rings. The third kappa shape index (κ3) is 3.22. The number of hydrogen-bond donors (Lipinski definition) is 2. The fourth-order valence-electron chi connectivity index (χ4n) is 1.31. The number of nitrogens with two attached hydrogens (primary N) is 1. The van der Waals surface area contributed by atoms with Gasteiger partial charge in [-0.3, -0.25) is 4.79 Å². The summed E-state index contributed by atoms with van der Waals surface area (Å²) in [5.74, 6) is 0.615. The predicted octanol–water partition coefficient (Wildman–Crippen LogP) is 1.20. The van der Waals surface area contributed by atoms with Crippen LogP contribution in [0.3, 0.4) is 0 Å². The number of primary amides is 1. The van der Waals surface area contributed by atoms with Crippen LogP contribution in [0.1, 0.15) is 31.6 Å². The highest BCUT2D eigenvalue weighted by molar-refractivity contribution is 5.73. The molecule has 3 N–H and O–H groups in total. The van der Waals surface area contributed by atoms with Crippen molar-refractivity contribution < 1.29 is 9.21 Å². The van der Waals surface area contributed by atoms with Gasteiger partial charge in [0.25, 0.3) is 0 Å². The van der Waals surface area contributed by atoms with Crippen molar-refractivity contribution in [1.82, 2.24) is 5.32 Å².